The smallest absolute Gasteiger partial charge is 0.263 e. The average Bonchev–Trinajstić information content (AvgIpc) is 2.63. The van der Waals surface area contributed by atoms with Crippen LogP contribution in [0.2, 0.25) is 0 Å². The summed E-state index contributed by atoms with van der Waals surface area (Å²) in [5.74, 6) is 0.0550. The Hall–Kier alpha value is -1.35. The Morgan fingerprint density at radius 3 is 2.38 bits per heavy atom. The zero-order chi connectivity index (χ0) is 12.3. The molecular weight excluding hydrogens is 218 g/mol. The van der Waals surface area contributed by atoms with Crippen molar-refractivity contribution in [3.05, 3.63) is 40.1 Å². The Labute approximate surface area is 101 Å². The molecule has 0 N–H and O–H groups in total. The molecule has 3 heteroatoms. The summed E-state index contributed by atoms with van der Waals surface area (Å²) < 4.78 is 0. The molecule has 1 aromatic rings. The molecule has 0 spiro atoms. The van der Waals surface area contributed by atoms with Crippen LogP contribution in [-0.4, -0.2) is 24.9 Å². The molecule has 0 aromatic carbocycles. The van der Waals surface area contributed by atoms with Crippen molar-refractivity contribution in [2.24, 2.45) is 0 Å². The van der Waals surface area contributed by atoms with Gasteiger partial charge in [0.1, 0.15) is 0 Å². The fourth-order valence-electron chi connectivity index (χ4n) is 1.33. The molecule has 0 saturated heterocycles. The summed E-state index contributed by atoms with van der Waals surface area (Å²) in [5, 5.41) is 0. The highest BCUT2D eigenvalue weighted by Gasteiger charge is 2.11. The van der Waals surface area contributed by atoms with E-state index >= 15 is 0 Å². The second-order valence-electron chi connectivity index (χ2n) is 4.04. The van der Waals surface area contributed by atoms with Crippen LogP contribution in [0.5, 0.6) is 0 Å². The van der Waals surface area contributed by atoms with Crippen molar-refractivity contribution in [3.8, 4) is 0 Å². The quantitative estimate of drug-likeness (QED) is 0.735. The van der Waals surface area contributed by atoms with Crippen LogP contribution in [0.15, 0.2) is 30.4 Å². The average molecular weight is 235 g/mol. The Kier molecular flexibility index (Phi) is 4.07. The summed E-state index contributed by atoms with van der Waals surface area (Å²) in [6.07, 6.45) is 2.02. The number of rotatable bonds is 3. The maximum Gasteiger partial charge on any atom is 0.263 e. The number of hydrogen-bond acceptors (Lipinski definition) is 2. The van der Waals surface area contributed by atoms with E-state index < -0.39 is 0 Å². The Morgan fingerprint density at radius 1 is 1.31 bits per heavy atom. The lowest BCUT2D eigenvalue weighted by Gasteiger charge is -2.07. The maximum absolute atomic E-state index is 11.7. The third-order valence-electron chi connectivity index (χ3n) is 2.07. The largest absolute Gasteiger partial charge is 0.344 e. The summed E-state index contributed by atoms with van der Waals surface area (Å²) in [4.78, 5) is 15.2. The van der Waals surface area contributed by atoms with Gasteiger partial charge < -0.3 is 4.90 Å². The van der Waals surface area contributed by atoms with E-state index in [-0.39, 0.29) is 5.91 Å². The topological polar surface area (TPSA) is 20.3 Å². The predicted octanol–water partition coefficient (Wildman–Crippen LogP) is 3.43. The van der Waals surface area contributed by atoms with Crippen LogP contribution < -0.4 is 0 Å². The Balaban J connectivity index is 2.95. The van der Waals surface area contributed by atoms with Crippen LogP contribution in [-0.2, 0) is 0 Å². The molecule has 2 nitrogen and oxygen atoms in total. The van der Waals surface area contributed by atoms with Gasteiger partial charge in [-0.2, -0.15) is 0 Å². The van der Waals surface area contributed by atoms with E-state index in [0.29, 0.717) is 0 Å². The minimum absolute atomic E-state index is 0.0550. The summed E-state index contributed by atoms with van der Waals surface area (Å²) in [6.45, 7) is 7.84. The van der Waals surface area contributed by atoms with Crippen LogP contribution in [0.1, 0.15) is 28.4 Å². The van der Waals surface area contributed by atoms with Gasteiger partial charge in [0.15, 0.2) is 0 Å². The molecule has 1 amide bonds. The Morgan fingerprint density at radius 2 is 1.88 bits per heavy atom. The van der Waals surface area contributed by atoms with Gasteiger partial charge in [-0.15, -0.1) is 11.3 Å². The number of nitrogens with zero attached hydrogens (tertiary/aromatic N) is 1. The van der Waals surface area contributed by atoms with E-state index in [2.05, 4.69) is 6.58 Å². The first-order chi connectivity index (χ1) is 7.41. The lowest BCUT2D eigenvalue weighted by Crippen LogP contribution is -2.20. The number of thiophene rings is 1. The number of allylic oxidation sites excluding steroid dienone is 3. The molecule has 1 aromatic heterocycles. The highest BCUT2D eigenvalue weighted by molar-refractivity contribution is 7.15. The maximum atomic E-state index is 11.7. The van der Waals surface area contributed by atoms with Crippen molar-refractivity contribution in [2.45, 2.75) is 13.8 Å². The zero-order valence-electron chi connectivity index (χ0n) is 10.2. The highest BCUT2D eigenvalue weighted by atomic mass is 32.1. The number of carbonyl (C=O) groups is 1. The summed E-state index contributed by atoms with van der Waals surface area (Å²) in [6, 6.07) is 3.86. The van der Waals surface area contributed by atoms with Gasteiger partial charge in [-0.25, -0.2) is 0 Å². The molecule has 0 aliphatic rings. The molecule has 0 aliphatic carbocycles. The molecular formula is C13H17NOS. The van der Waals surface area contributed by atoms with Crippen molar-refractivity contribution in [1.29, 1.82) is 0 Å². The van der Waals surface area contributed by atoms with Crippen LogP contribution in [0, 0.1) is 0 Å². The number of carbonyl (C=O) groups excluding carboxylic acids is 1. The SMILES string of the molecule is C=C(C)/C=C(\C)c1ccc(C(=O)N(C)C)s1. The van der Waals surface area contributed by atoms with E-state index in [1.807, 2.05) is 32.1 Å². The first-order valence-electron chi connectivity index (χ1n) is 5.07. The molecule has 86 valence electrons. The van der Waals surface area contributed by atoms with Gasteiger partial charge in [-0.3, -0.25) is 4.79 Å². The summed E-state index contributed by atoms with van der Waals surface area (Å²) in [7, 11) is 3.52. The second kappa shape index (κ2) is 5.12. The molecule has 1 heterocycles. The van der Waals surface area contributed by atoms with E-state index in [4.69, 9.17) is 0 Å². The molecule has 0 bridgehead atoms. The lowest BCUT2D eigenvalue weighted by molar-refractivity contribution is 0.0832. The molecule has 0 unspecified atom stereocenters. The highest BCUT2D eigenvalue weighted by Crippen LogP contribution is 2.25. The second-order valence-corrected chi connectivity index (χ2v) is 5.12. The first kappa shape index (κ1) is 12.7. The van der Waals surface area contributed by atoms with E-state index in [0.717, 1.165) is 20.9 Å². The summed E-state index contributed by atoms with van der Waals surface area (Å²) >= 11 is 1.52. The van der Waals surface area contributed by atoms with Crippen molar-refractivity contribution < 1.29 is 4.79 Å². The van der Waals surface area contributed by atoms with E-state index in [1.165, 1.54) is 11.3 Å². The number of amides is 1. The molecule has 16 heavy (non-hydrogen) atoms. The van der Waals surface area contributed by atoms with Crippen LogP contribution >= 0.6 is 11.3 Å². The molecule has 0 aliphatic heterocycles. The van der Waals surface area contributed by atoms with Crippen LogP contribution in [0.25, 0.3) is 5.57 Å². The van der Waals surface area contributed by atoms with Crippen LogP contribution in [0.3, 0.4) is 0 Å². The van der Waals surface area contributed by atoms with Gasteiger partial charge in [-0.1, -0.05) is 18.2 Å². The normalized spacial score (nSPS) is 11.4. The number of hydrogen-bond donors (Lipinski definition) is 0. The molecule has 0 atom stereocenters. The molecule has 0 fully saturated rings. The van der Waals surface area contributed by atoms with Gasteiger partial charge >= 0.3 is 0 Å². The minimum atomic E-state index is 0.0550. The van der Waals surface area contributed by atoms with Crippen molar-refractivity contribution in [3.63, 3.8) is 0 Å². The third kappa shape index (κ3) is 3.07. The first-order valence-corrected chi connectivity index (χ1v) is 5.89. The molecule has 0 radical (unpaired) electrons. The van der Waals surface area contributed by atoms with E-state index in [1.54, 1.807) is 19.0 Å². The Bertz CT molecular complexity index is 441. The van der Waals surface area contributed by atoms with Gasteiger partial charge in [0.05, 0.1) is 4.88 Å². The van der Waals surface area contributed by atoms with Gasteiger partial charge in [0.25, 0.3) is 5.91 Å². The minimum Gasteiger partial charge on any atom is -0.344 e. The van der Waals surface area contributed by atoms with Gasteiger partial charge in [0, 0.05) is 19.0 Å². The van der Waals surface area contributed by atoms with Crippen molar-refractivity contribution >= 4 is 22.8 Å². The fourth-order valence-corrected chi connectivity index (χ4v) is 2.32. The lowest BCUT2D eigenvalue weighted by atomic mass is 10.2. The monoisotopic (exact) mass is 235 g/mol. The fraction of sp³-hybridized carbons (Fsp3) is 0.308. The predicted molar refractivity (Wildman–Crippen MR) is 70.8 cm³/mol. The zero-order valence-corrected chi connectivity index (χ0v) is 11.0. The van der Waals surface area contributed by atoms with E-state index in [9.17, 15) is 4.79 Å². The summed E-state index contributed by atoms with van der Waals surface area (Å²) in [5.41, 5.74) is 2.17. The standard InChI is InChI=1S/C13H17NOS/c1-9(2)8-10(3)11-6-7-12(16-11)13(15)14(4)5/h6-8H,1H2,2-5H3/b10-8+. The molecule has 0 saturated carbocycles. The van der Waals surface area contributed by atoms with Crippen molar-refractivity contribution in [2.75, 3.05) is 14.1 Å². The van der Waals surface area contributed by atoms with Gasteiger partial charge in [0.2, 0.25) is 0 Å². The van der Waals surface area contributed by atoms with Gasteiger partial charge in [-0.05, 0) is 31.6 Å². The van der Waals surface area contributed by atoms with Crippen LogP contribution in [0.4, 0.5) is 0 Å². The third-order valence-corrected chi connectivity index (χ3v) is 3.28. The van der Waals surface area contributed by atoms with Crippen molar-refractivity contribution in [1.82, 2.24) is 4.90 Å². The molecule has 1 rings (SSSR count).